The van der Waals surface area contributed by atoms with Gasteiger partial charge in [0.1, 0.15) is 11.9 Å². The molecule has 2 heterocycles. The molecular formula is C20H24FN3O2. The van der Waals surface area contributed by atoms with Gasteiger partial charge in [-0.1, -0.05) is 24.3 Å². The minimum Gasteiger partial charge on any atom is -0.368 e. The number of halogens is 1. The Bertz CT molecular complexity index is 766. The lowest BCUT2D eigenvalue weighted by atomic mass is 10.1. The molecule has 0 aliphatic carbocycles. The summed E-state index contributed by atoms with van der Waals surface area (Å²) in [6.07, 6.45) is 0.173. The average Bonchev–Trinajstić information content (AvgIpc) is 2.63. The normalized spacial score (nSPS) is 17.5. The molecule has 26 heavy (non-hydrogen) atoms. The second-order valence-corrected chi connectivity index (χ2v) is 6.76. The summed E-state index contributed by atoms with van der Waals surface area (Å²) in [6, 6.07) is 12.4. The van der Waals surface area contributed by atoms with Crippen molar-refractivity contribution in [1.29, 1.82) is 0 Å². The van der Waals surface area contributed by atoms with Crippen LogP contribution in [0, 0.1) is 5.82 Å². The minimum atomic E-state index is -0.254. The molecule has 1 saturated heterocycles. The molecular weight excluding hydrogens is 333 g/mol. The highest BCUT2D eigenvalue weighted by Crippen LogP contribution is 2.22. The highest BCUT2D eigenvalue weighted by atomic mass is 19.1. The predicted molar refractivity (Wildman–Crippen MR) is 97.3 cm³/mol. The van der Waals surface area contributed by atoms with Gasteiger partial charge in [-0.25, -0.2) is 4.39 Å². The third-order valence-electron chi connectivity index (χ3n) is 4.36. The minimum absolute atomic E-state index is 0.0887. The van der Waals surface area contributed by atoms with Crippen LogP contribution in [0.25, 0.3) is 0 Å². The molecule has 1 aliphatic heterocycles. The van der Waals surface area contributed by atoms with Crippen molar-refractivity contribution in [3.05, 3.63) is 65.2 Å². The molecule has 0 N–H and O–H groups in total. The number of morpholine rings is 1. The van der Waals surface area contributed by atoms with Crippen LogP contribution < -0.4 is 0 Å². The van der Waals surface area contributed by atoms with Crippen molar-refractivity contribution in [2.45, 2.75) is 12.5 Å². The van der Waals surface area contributed by atoms with Crippen molar-refractivity contribution in [2.75, 3.05) is 40.3 Å². The third kappa shape index (κ3) is 4.65. The van der Waals surface area contributed by atoms with Crippen LogP contribution in [0.2, 0.25) is 0 Å². The van der Waals surface area contributed by atoms with Gasteiger partial charge in [0.15, 0.2) is 0 Å². The molecule has 3 rings (SSSR count). The lowest BCUT2D eigenvalue weighted by molar-refractivity contribution is -0.139. The molecule has 5 nitrogen and oxygen atoms in total. The molecule has 6 heteroatoms. The first-order valence-corrected chi connectivity index (χ1v) is 8.76. The molecule has 0 radical (unpaired) electrons. The number of hydrogen-bond acceptors (Lipinski definition) is 4. The molecule has 1 fully saturated rings. The fraction of sp³-hybridized carbons (Fsp3) is 0.400. The van der Waals surface area contributed by atoms with Gasteiger partial charge in [-0.05, 0) is 37.9 Å². The van der Waals surface area contributed by atoms with E-state index in [1.54, 1.807) is 12.1 Å². The Kier molecular flexibility index (Phi) is 5.96. The Morgan fingerprint density at radius 2 is 2.08 bits per heavy atom. The first-order valence-electron chi connectivity index (χ1n) is 8.76. The van der Waals surface area contributed by atoms with Gasteiger partial charge in [-0.15, -0.1) is 0 Å². The van der Waals surface area contributed by atoms with Gasteiger partial charge in [0.05, 0.1) is 25.4 Å². The second-order valence-electron chi connectivity index (χ2n) is 6.76. The number of aromatic nitrogens is 1. The zero-order valence-corrected chi connectivity index (χ0v) is 15.2. The predicted octanol–water partition coefficient (Wildman–Crippen LogP) is 2.27. The largest absolute Gasteiger partial charge is 0.368 e. The number of benzene rings is 1. The molecule has 1 aliphatic rings. The van der Waals surface area contributed by atoms with Crippen molar-refractivity contribution in [3.63, 3.8) is 0 Å². The average molecular weight is 357 g/mol. The molecule has 0 bridgehead atoms. The molecule has 1 atom stereocenters. The highest BCUT2D eigenvalue weighted by molar-refractivity contribution is 5.78. The third-order valence-corrected chi connectivity index (χ3v) is 4.36. The van der Waals surface area contributed by atoms with Crippen molar-refractivity contribution in [1.82, 2.24) is 14.8 Å². The van der Waals surface area contributed by atoms with E-state index in [1.165, 1.54) is 6.07 Å². The fourth-order valence-electron chi connectivity index (χ4n) is 3.04. The van der Waals surface area contributed by atoms with Crippen LogP contribution in [0.15, 0.2) is 42.5 Å². The number of amides is 1. The number of carbonyl (C=O) groups excluding carboxylic acids is 1. The summed E-state index contributed by atoms with van der Waals surface area (Å²) in [5.41, 5.74) is 2.18. The lowest BCUT2D eigenvalue weighted by Crippen LogP contribution is -2.45. The first kappa shape index (κ1) is 18.5. The van der Waals surface area contributed by atoms with Gasteiger partial charge < -0.3 is 14.5 Å². The van der Waals surface area contributed by atoms with E-state index in [-0.39, 0.29) is 17.8 Å². The Balaban J connectivity index is 1.71. The second kappa shape index (κ2) is 8.38. The maximum Gasteiger partial charge on any atom is 0.236 e. The molecule has 0 spiro atoms. The summed E-state index contributed by atoms with van der Waals surface area (Å²) >= 11 is 0. The summed E-state index contributed by atoms with van der Waals surface area (Å²) in [4.78, 5) is 20.6. The fourth-order valence-corrected chi connectivity index (χ4v) is 3.04. The van der Waals surface area contributed by atoms with Crippen molar-refractivity contribution in [2.24, 2.45) is 0 Å². The van der Waals surface area contributed by atoms with Crippen molar-refractivity contribution < 1.29 is 13.9 Å². The summed E-state index contributed by atoms with van der Waals surface area (Å²) in [5.74, 6) is -0.139. The highest BCUT2D eigenvalue weighted by Gasteiger charge is 2.26. The van der Waals surface area contributed by atoms with Gasteiger partial charge in [0.2, 0.25) is 5.91 Å². The summed E-state index contributed by atoms with van der Waals surface area (Å²) in [7, 11) is 3.76. The van der Waals surface area contributed by atoms with E-state index in [1.807, 2.05) is 48.2 Å². The van der Waals surface area contributed by atoms with Crippen LogP contribution in [0.4, 0.5) is 4.39 Å². The van der Waals surface area contributed by atoms with Crippen LogP contribution in [-0.2, 0) is 16.0 Å². The first-order chi connectivity index (χ1) is 12.5. The Hall–Kier alpha value is -2.31. The van der Waals surface area contributed by atoms with E-state index in [0.29, 0.717) is 38.2 Å². The lowest BCUT2D eigenvalue weighted by Gasteiger charge is -2.33. The Morgan fingerprint density at radius 1 is 1.27 bits per heavy atom. The summed E-state index contributed by atoms with van der Waals surface area (Å²) in [5, 5.41) is 0. The van der Waals surface area contributed by atoms with Gasteiger partial charge in [-0.2, -0.15) is 0 Å². The van der Waals surface area contributed by atoms with E-state index < -0.39 is 0 Å². The zero-order valence-electron chi connectivity index (χ0n) is 15.2. The molecule has 0 saturated carbocycles. The number of likely N-dealkylation sites (N-methyl/N-ethyl adjacent to an activating group) is 1. The monoisotopic (exact) mass is 357 g/mol. The molecule has 1 unspecified atom stereocenters. The molecule has 1 aromatic carbocycles. The molecule has 2 aromatic rings. The van der Waals surface area contributed by atoms with Crippen molar-refractivity contribution >= 4 is 5.91 Å². The molecule has 1 aromatic heterocycles. The van der Waals surface area contributed by atoms with Gasteiger partial charge in [0, 0.05) is 18.7 Å². The van der Waals surface area contributed by atoms with E-state index in [0.717, 1.165) is 11.4 Å². The zero-order chi connectivity index (χ0) is 18.5. The SMILES string of the molecule is CN(C)CC(=O)N1CCOC(c2cccc(Cc3ccccc3F)n2)C1. The van der Waals surface area contributed by atoms with Gasteiger partial charge in [0.25, 0.3) is 0 Å². The molecule has 1 amide bonds. The maximum atomic E-state index is 13.9. The standard InChI is InChI=1S/C20H24FN3O2/c1-23(2)14-20(25)24-10-11-26-19(13-24)18-9-5-7-16(22-18)12-15-6-3-4-8-17(15)21/h3-9,19H,10-14H2,1-2H3. The topological polar surface area (TPSA) is 45.7 Å². The smallest absolute Gasteiger partial charge is 0.236 e. The number of nitrogens with zero attached hydrogens (tertiary/aromatic N) is 3. The number of hydrogen-bond donors (Lipinski definition) is 0. The van der Waals surface area contributed by atoms with E-state index in [2.05, 4.69) is 4.98 Å². The Labute approximate surface area is 153 Å². The number of carbonyl (C=O) groups is 1. The number of rotatable bonds is 5. The van der Waals surface area contributed by atoms with E-state index >= 15 is 0 Å². The van der Waals surface area contributed by atoms with Crippen LogP contribution in [-0.4, -0.2) is 61.0 Å². The summed E-state index contributed by atoms with van der Waals surface area (Å²) < 4.78 is 19.7. The number of ether oxygens (including phenoxy) is 1. The van der Waals surface area contributed by atoms with E-state index in [4.69, 9.17) is 4.74 Å². The van der Waals surface area contributed by atoms with Crippen LogP contribution in [0.5, 0.6) is 0 Å². The van der Waals surface area contributed by atoms with Crippen LogP contribution in [0.3, 0.4) is 0 Å². The van der Waals surface area contributed by atoms with Gasteiger partial charge in [-0.3, -0.25) is 9.78 Å². The maximum absolute atomic E-state index is 13.9. The molecule has 138 valence electrons. The van der Waals surface area contributed by atoms with Crippen molar-refractivity contribution in [3.8, 4) is 0 Å². The van der Waals surface area contributed by atoms with Crippen LogP contribution >= 0.6 is 0 Å². The summed E-state index contributed by atoms with van der Waals surface area (Å²) in [6.45, 7) is 1.96. The Morgan fingerprint density at radius 3 is 2.85 bits per heavy atom. The van der Waals surface area contributed by atoms with Crippen LogP contribution in [0.1, 0.15) is 23.1 Å². The van der Waals surface area contributed by atoms with E-state index in [9.17, 15) is 9.18 Å². The number of pyridine rings is 1. The quantitative estimate of drug-likeness (QED) is 0.824. The van der Waals surface area contributed by atoms with Gasteiger partial charge >= 0.3 is 0 Å².